The molecule has 0 bridgehead atoms. The van der Waals surface area contributed by atoms with Crippen LogP contribution in [0, 0.1) is 0 Å². The Kier molecular flexibility index (Phi) is 4.76. The molecule has 0 amide bonds. The van der Waals surface area contributed by atoms with Gasteiger partial charge in [0.15, 0.2) is 0 Å². The summed E-state index contributed by atoms with van der Waals surface area (Å²) >= 11 is 0. The van der Waals surface area contributed by atoms with Crippen LogP contribution in [0.1, 0.15) is 38.2 Å². The zero-order chi connectivity index (χ0) is 14.7. The van der Waals surface area contributed by atoms with Crippen LogP contribution in [0.2, 0.25) is 0 Å². The zero-order valence-corrected chi connectivity index (χ0v) is 13.4. The van der Waals surface area contributed by atoms with Gasteiger partial charge in [-0.05, 0) is 45.3 Å². The van der Waals surface area contributed by atoms with Crippen LogP contribution < -0.4 is 10.2 Å². The molecule has 1 atom stereocenters. The molecule has 1 aromatic rings. The molecule has 3 rings (SSSR count). The Morgan fingerprint density at radius 1 is 1.33 bits per heavy atom. The molecule has 0 spiro atoms. The molecule has 4 nitrogen and oxygen atoms in total. The minimum absolute atomic E-state index is 0.611. The second kappa shape index (κ2) is 6.75. The number of hydrogen-bond acceptors (Lipinski definition) is 4. The average molecular weight is 288 g/mol. The molecule has 116 valence electrons. The van der Waals surface area contributed by atoms with Gasteiger partial charge in [0.05, 0.1) is 0 Å². The zero-order valence-electron chi connectivity index (χ0n) is 13.4. The molecule has 1 N–H and O–H groups in total. The number of aromatic nitrogens is 1. The Hall–Kier alpha value is -1.13. The van der Waals surface area contributed by atoms with E-state index in [0.29, 0.717) is 6.04 Å². The van der Waals surface area contributed by atoms with E-state index in [4.69, 9.17) is 0 Å². The summed E-state index contributed by atoms with van der Waals surface area (Å²) in [5.74, 6) is 0. The first-order valence-corrected chi connectivity index (χ1v) is 8.39. The highest BCUT2D eigenvalue weighted by Crippen LogP contribution is 2.26. The molecule has 0 radical (unpaired) electrons. The molecular weight excluding hydrogens is 260 g/mol. The summed E-state index contributed by atoms with van der Waals surface area (Å²) in [6, 6.07) is 3.56. The van der Waals surface area contributed by atoms with Crippen molar-refractivity contribution in [1.29, 1.82) is 0 Å². The van der Waals surface area contributed by atoms with Crippen molar-refractivity contribution in [3.63, 3.8) is 0 Å². The first-order valence-electron chi connectivity index (χ1n) is 8.39. The Morgan fingerprint density at radius 2 is 2.19 bits per heavy atom. The molecular formula is C17H28N4. The topological polar surface area (TPSA) is 31.4 Å². The van der Waals surface area contributed by atoms with Crippen LogP contribution in [0.15, 0.2) is 18.5 Å². The van der Waals surface area contributed by atoms with Crippen LogP contribution in [0.4, 0.5) is 5.69 Å². The number of nitrogens with one attached hydrogen (secondary N) is 1. The lowest BCUT2D eigenvalue weighted by Gasteiger charge is -2.33. The number of rotatable bonds is 5. The Labute approximate surface area is 128 Å². The van der Waals surface area contributed by atoms with E-state index in [1.807, 2.05) is 12.4 Å². The van der Waals surface area contributed by atoms with E-state index in [1.54, 1.807) is 0 Å². The molecule has 1 unspecified atom stereocenters. The molecule has 2 fully saturated rings. The van der Waals surface area contributed by atoms with Crippen molar-refractivity contribution in [2.45, 2.75) is 51.2 Å². The monoisotopic (exact) mass is 288 g/mol. The summed E-state index contributed by atoms with van der Waals surface area (Å²) in [5.41, 5.74) is 2.74. The number of pyridine rings is 1. The van der Waals surface area contributed by atoms with Crippen LogP contribution in [0.5, 0.6) is 0 Å². The van der Waals surface area contributed by atoms with Gasteiger partial charge in [-0.25, -0.2) is 0 Å². The van der Waals surface area contributed by atoms with Crippen LogP contribution in [0.25, 0.3) is 0 Å². The standard InChI is InChI=1S/C17H28N4/c1-3-16-13-20(2)9-4-10-21(16)17-7-8-18-11-14(17)12-19-15-5-6-15/h7-8,11,15-16,19H,3-6,9-10,12-13H2,1-2H3. The molecule has 1 saturated carbocycles. The van der Waals surface area contributed by atoms with Gasteiger partial charge in [-0.1, -0.05) is 6.92 Å². The van der Waals surface area contributed by atoms with Crippen molar-refractivity contribution >= 4 is 5.69 Å². The molecule has 2 heterocycles. The van der Waals surface area contributed by atoms with Gasteiger partial charge in [0.25, 0.3) is 0 Å². The van der Waals surface area contributed by atoms with Gasteiger partial charge in [0, 0.05) is 55.4 Å². The van der Waals surface area contributed by atoms with Crippen LogP contribution in [-0.4, -0.2) is 48.6 Å². The maximum Gasteiger partial charge on any atom is 0.0445 e. The number of likely N-dealkylation sites (N-methyl/N-ethyl adjacent to an activating group) is 1. The lowest BCUT2D eigenvalue weighted by molar-refractivity contribution is 0.328. The fourth-order valence-corrected chi connectivity index (χ4v) is 3.29. The molecule has 2 aliphatic rings. The third kappa shape index (κ3) is 3.74. The van der Waals surface area contributed by atoms with E-state index in [-0.39, 0.29) is 0 Å². The van der Waals surface area contributed by atoms with Gasteiger partial charge in [0.1, 0.15) is 0 Å². The molecule has 21 heavy (non-hydrogen) atoms. The van der Waals surface area contributed by atoms with Crippen molar-refractivity contribution in [3.8, 4) is 0 Å². The van der Waals surface area contributed by atoms with Crippen molar-refractivity contribution in [2.24, 2.45) is 0 Å². The highest BCUT2D eigenvalue weighted by atomic mass is 15.2. The third-order valence-electron chi connectivity index (χ3n) is 4.72. The highest BCUT2D eigenvalue weighted by molar-refractivity contribution is 5.53. The molecule has 1 aromatic heterocycles. The Bertz CT molecular complexity index is 458. The van der Waals surface area contributed by atoms with Crippen LogP contribution >= 0.6 is 0 Å². The minimum Gasteiger partial charge on any atom is -0.367 e. The number of nitrogens with zero attached hydrogens (tertiary/aromatic N) is 3. The summed E-state index contributed by atoms with van der Waals surface area (Å²) in [5, 5.41) is 3.63. The Morgan fingerprint density at radius 3 is 2.95 bits per heavy atom. The highest BCUT2D eigenvalue weighted by Gasteiger charge is 2.25. The SMILES string of the molecule is CCC1CN(C)CCCN1c1ccncc1CNC1CC1. The fraction of sp³-hybridized carbons (Fsp3) is 0.706. The van der Waals surface area contributed by atoms with E-state index < -0.39 is 0 Å². The number of hydrogen-bond donors (Lipinski definition) is 1. The summed E-state index contributed by atoms with van der Waals surface area (Å²) in [6.45, 7) is 6.78. The maximum absolute atomic E-state index is 4.35. The fourth-order valence-electron chi connectivity index (χ4n) is 3.29. The molecule has 1 saturated heterocycles. The van der Waals surface area contributed by atoms with Gasteiger partial charge in [-0.3, -0.25) is 4.98 Å². The van der Waals surface area contributed by atoms with Crippen LogP contribution in [0.3, 0.4) is 0 Å². The van der Waals surface area contributed by atoms with Crippen LogP contribution in [-0.2, 0) is 6.54 Å². The maximum atomic E-state index is 4.35. The van der Waals surface area contributed by atoms with Crippen molar-refractivity contribution in [2.75, 3.05) is 31.6 Å². The summed E-state index contributed by atoms with van der Waals surface area (Å²) in [4.78, 5) is 9.44. The second-order valence-electron chi connectivity index (χ2n) is 6.53. The molecule has 1 aliphatic carbocycles. The summed E-state index contributed by atoms with van der Waals surface area (Å²) in [7, 11) is 2.24. The van der Waals surface area contributed by atoms with Crippen molar-refractivity contribution in [1.82, 2.24) is 15.2 Å². The van der Waals surface area contributed by atoms with E-state index in [1.165, 1.54) is 43.5 Å². The lowest BCUT2D eigenvalue weighted by Crippen LogP contribution is -2.40. The smallest absolute Gasteiger partial charge is 0.0445 e. The average Bonchev–Trinajstić information content (AvgIpc) is 3.33. The Balaban J connectivity index is 1.79. The summed E-state index contributed by atoms with van der Waals surface area (Å²) < 4.78 is 0. The van der Waals surface area contributed by atoms with Gasteiger partial charge >= 0.3 is 0 Å². The predicted molar refractivity (Wildman–Crippen MR) is 87.6 cm³/mol. The van der Waals surface area contributed by atoms with Gasteiger partial charge in [-0.2, -0.15) is 0 Å². The normalized spacial score (nSPS) is 24.1. The first kappa shape index (κ1) is 14.8. The third-order valence-corrected chi connectivity index (χ3v) is 4.72. The molecule has 0 aromatic carbocycles. The largest absolute Gasteiger partial charge is 0.367 e. The van der Waals surface area contributed by atoms with Gasteiger partial charge in [0.2, 0.25) is 0 Å². The quantitative estimate of drug-likeness (QED) is 0.900. The second-order valence-corrected chi connectivity index (χ2v) is 6.53. The predicted octanol–water partition coefficient (Wildman–Crippen LogP) is 2.25. The van der Waals surface area contributed by atoms with E-state index in [9.17, 15) is 0 Å². The minimum atomic E-state index is 0.611. The van der Waals surface area contributed by atoms with E-state index >= 15 is 0 Å². The summed E-state index contributed by atoms with van der Waals surface area (Å²) in [6.07, 6.45) is 9.10. The van der Waals surface area contributed by atoms with Crippen molar-refractivity contribution in [3.05, 3.63) is 24.0 Å². The van der Waals surface area contributed by atoms with E-state index in [0.717, 1.165) is 25.7 Å². The molecule has 4 heteroatoms. The van der Waals surface area contributed by atoms with Gasteiger partial charge in [-0.15, -0.1) is 0 Å². The van der Waals surface area contributed by atoms with E-state index in [2.05, 4.69) is 40.1 Å². The lowest BCUT2D eigenvalue weighted by atomic mass is 10.1. The van der Waals surface area contributed by atoms with Gasteiger partial charge < -0.3 is 15.1 Å². The number of anilines is 1. The first-order chi connectivity index (χ1) is 10.3. The van der Waals surface area contributed by atoms with Crippen molar-refractivity contribution < 1.29 is 0 Å². The molecule has 1 aliphatic heterocycles.